The summed E-state index contributed by atoms with van der Waals surface area (Å²) >= 11 is 0. The van der Waals surface area contributed by atoms with Crippen LogP contribution in [0.4, 0.5) is 0 Å². The third-order valence-electron chi connectivity index (χ3n) is 10.6. The van der Waals surface area contributed by atoms with Crippen LogP contribution in [-0.2, 0) is 14.7 Å². The number of fused-ring (bicyclic) bond motifs is 5. The molecule has 8 rings (SSSR count). The summed E-state index contributed by atoms with van der Waals surface area (Å²) in [5, 5.41) is 0. The van der Waals surface area contributed by atoms with Crippen molar-refractivity contribution >= 4 is 12.6 Å². The number of hydrogen-bond acceptors (Lipinski definition) is 5. The van der Waals surface area contributed by atoms with Gasteiger partial charge >= 0.3 is 7.12 Å². The summed E-state index contributed by atoms with van der Waals surface area (Å²) in [6, 6.07) is 34.1. The average Bonchev–Trinajstić information content (AvgIpc) is 3.46. The second-order valence-electron chi connectivity index (χ2n) is 13.8. The minimum absolute atomic E-state index is 0.0411. The first-order chi connectivity index (χ1) is 21.7. The van der Waals surface area contributed by atoms with Crippen molar-refractivity contribution in [1.29, 1.82) is 0 Å². The predicted octanol–water partition coefficient (Wildman–Crippen LogP) is 8.40. The van der Waals surface area contributed by atoms with E-state index in [1.165, 1.54) is 54.4 Å². The molecule has 1 aromatic heterocycles. The Labute approximate surface area is 266 Å². The van der Waals surface area contributed by atoms with Crippen molar-refractivity contribution < 1.29 is 9.31 Å². The Hall–Kier alpha value is -4.13. The Balaban J connectivity index is 1.28. The highest BCUT2D eigenvalue weighted by molar-refractivity contribution is 6.62. The van der Waals surface area contributed by atoms with Gasteiger partial charge in [0.1, 0.15) is 0 Å². The molecule has 0 bridgehead atoms. The Morgan fingerprint density at radius 3 is 1.58 bits per heavy atom. The van der Waals surface area contributed by atoms with Gasteiger partial charge in [-0.2, -0.15) is 0 Å². The quantitative estimate of drug-likeness (QED) is 0.197. The van der Waals surface area contributed by atoms with Crippen LogP contribution in [0, 0.1) is 0 Å². The Morgan fingerprint density at radius 2 is 1.02 bits per heavy atom. The summed E-state index contributed by atoms with van der Waals surface area (Å²) in [5.41, 5.74) is 8.66. The maximum absolute atomic E-state index is 6.49. The van der Waals surface area contributed by atoms with E-state index in [4.69, 9.17) is 24.3 Å². The predicted molar refractivity (Wildman–Crippen MR) is 181 cm³/mol. The highest BCUT2D eigenvalue weighted by Crippen LogP contribution is 2.56. The fourth-order valence-corrected chi connectivity index (χ4v) is 7.43. The summed E-state index contributed by atoms with van der Waals surface area (Å²) in [5.74, 6) is 2.03. The molecule has 2 aliphatic carbocycles. The SMILES string of the molecule is CC1(C)OB(c2ccc3c(c2)-c2cc(-c4nc(-c5ccccc5)nc(-c5ccccc5)n4)ccc2C32CCCCC2)OC1(C)C. The van der Waals surface area contributed by atoms with E-state index in [9.17, 15) is 0 Å². The third kappa shape index (κ3) is 4.65. The lowest BCUT2D eigenvalue weighted by Crippen LogP contribution is -2.41. The molecule has 1 saturated carbocycles. The topological polar surface area (TPSA) is 57.1 Å². The first-order valence-corrected chi connectivity index (χ1v) is 16.3. The molecule has 2 heterocycles. The molecule has 5 aromatic rings. The van der Waals surface area contributed by atoms with Gasteiger partial charge in [-0.1, -0.05) is 110 Å². The zero-order valence-corrected chi connectivity index (χ0v) is 26.5. The van der Waals surface area contributed by atoms with E-state index in [0.29, 0.717) is 17.5 Å². The summed E-state index contributed by atoms with van der Waals surface area (Å²) in [7, 11) is -0.403. The third-order valence-corrected chi connectivity index (χ3v) is 10.6. The molecule has 0 amide bonds. The highest BCUT2D eigenvalue weighted by atomic mass is 16.7. The van der Waals surface area contributed by atoms with Crippen LogP contribution in [-0.4, -0.2) is 33.3 Å². The van der Waals surface area contributed by atoms with E-state index in [1.807, 2.05) is 36.4 Å². The Kier molecular flexibility index (Phi) is 6.60. The van der Waals surface area contributed by atoms with Crippen LogP contribution in [0.3, 0.4) is 0 Å². The molecule has 1 spiro atoms. The van der Waals surface area contributed by atoms with Gasteiger partial charge in [0.05, 0.1) is 11.2 Å². The van der Waals surface area contributed by atoms with Crippen LogP contribution in [0.2, 0.25) is 0 Å². The van der Waals surface area contributed by atoms with Crippen molar-refractivity contribution in [2.24, 2.45) is 0 Å². The molecule has 224 valence electrons. The van der Waals surface area contributed by atoms with Gasteiger partial charge in [-0.3, -0.25) is 0 Å². The summed E-state index contributed by atoms with van der Waals surface area (Å²) in [4.78, 5) is 15.0. The Morgan fingerprint density at radius 1 is 0.533 bits per heavy atom. The zero-order chi connectivity index (χ0) is 30.8. The summed E-state index contributed by atoms with van der Waals surface area (Å²) in [6.07, 6.45) is 6.13. The van der Waals surface area contributed by atoms with Crippen LogP contribution in [0.25, 0.3) is 45.3 Å². The van der Waals surface area contributed by atoms with E-state index >= 15 is 0 Å². The van der Waals surface area contributed by atoms with E-state index in [1.54, 1.807) is 0 Å². The summed E-state index contributed by atoms with van der Waals surface area (Å²) < 4.78 is 13.0. The van der Waals surface area contributed by atoms with Crippen molar-refractivity contribution in [3.63, 3.8) is 0 Å². The van der Waals surface area contributed by atoms with Crippen LogP contribution in [0.5, 0.6) is 0 Å². The van der Waals surface area contributed by atoms with E-state index in [0.717, 1.165) is 22.2 Å². The molecule has 45 heavy (non-hydrogen) atoms. The molecule has 4 aromatic carbocycles. The smallest absolute Gasteiger partial charge is 0.399 e. The normalized spacial score (nSPS) is 19.0. The first kappa shape index (κ1) is 28.4. The number of nitrogens with zero attached hydrogens (tertiary/aromatic N) is 3. The van der Waals surface area contributed by atoms with Gasteiger partial charge in [-0.15, -0.1) is 0 Å². The van der Waals surface area contributed by atoms with Crippen LogP contribution < -0.4 is 5.46 Å². The van der Waals surface area contributed by atoms with Gasteiger partial charge in [0.25, 0.3) is 0 Å². The molecule has 3 aliphatic rings. The monoisotopic (exact) mass is 591 g/mol. The molecule has 0 radical (unpaired) electrons. The van der Waals surface area contributed by atoms with Gasteiger partial charge < -0.3 is 9.31 Å². The fourth-order valence-electron chi connectivity index (χ4n) is 7.43. The lowest BCUT2D eigenvalue weighted by atomic mass is 9.67. The maximum Gasteiger partial charge on any atom is 0.494 e. The number of benzene rings is 4. The van der Waals surface area contributed by atoms with E-state index in [-0.39, 0.29) is 5.41 Å². The molecule has 1 aliphatic heterocycles. The van der Waals surface area contributed by atoms with Gasteiger partial charge in [0.2, 0.25) is 0 Å². The maximum atomic E-state index is 6.49. The zero-order valence-electron chi connectivity index (χ0n) is 26.5. The van der Waals surface area contributed by atoms with Gasteiger partial charge in [-0.25, -0.2) is 15.0 Å². The molecule has 6 heteroatoms. The molecule has 2 fully saturated rings. The lowest BCUT2D eigenvalue weighted by molar-refractivity contribution is 0.00578. The standard InChI is InChI=1S/C39H38BN3O2/c1-37(2)38(3,4)45-40(44-37)29-19-21-33-31(25-29)30-24-28(18-20-32(30)39(33)22-12-7-13-23-39)36-42-34(26-14-8-5-9-15-26)41-35(43-36)27-16-10-6-11-17-27/h5-6,8-11,14-21,24-25H,7,12-13,22-23H2,1-4H3. The van der Waals surface area contributed by atoms with Crippen LogP contribution >= 0.6 is 0 Å². The molecule has 0 N–H and O–H groups in total. The second-order valence-corrected chi connectivity index (χ2v) is 13.8. The number of rotatable bonds is 4. The largest absolute Gasteiger partial charge is 0.494 e. The molecule has 0 unspecified atom stereocenters. The minimum Gasteiger partial charge on any atom is -0.399 e. The summed E-state index contributed by atoms with van der Waals surface area (Å²) in [6.45, 7) is 8.45. The van der Waals surface area contributed by atoms with Crippen molar-refractivity contribution in [1.82, 2.24) is 15.0 Å². The van der Waals surface area contributed by atoms with Crippen molar-refractivity contribution in [2.45, 2.75) is 76.4 Å². The molecule has 0 atom stereocenters. The fraction of sp³-hybridized carbons (Fsp3) is 0.308. The van der Waals surface area contributed by atoms with Crippen molar-refractivity contribution in [3.05, 3.63) is 108 Å². The van der Waals surface area contributed by atoms with Crippen molar-refractivity contribution in [3.8, 4) is 45.3 Å². The van der Waals surface area contributed by atoms with Crippen LogP contribution in [0.1, 0.15) is 70.9 Å². The average molecular weight is 592 g/mol. The highest BCUT2D eigenvalue weighted by Gasteiger charge is 2.52. The van der Waals surface area contributed by atoms with E-state index in [2.05, 4.69) is 88.4 Å². The first-order valence-electron chi connectivity index (χ1n) is 16.3. The minimum atomic E-state index is -0.403. The molecule has 1 saturated heterocycles. The Bertz CT molecular complexity index is 1830. The molecular weight excluding hydrogens is 553 g/mol. The molecular formula is C39H38BN3O2. The van der Waals surface area contributed by atoms with Crippen molar-refractivity contribution in [2.75, 3.05) is 0 Å². The molecule has 5 nitrogen and oxygen atoms in total. The number of hydrogen-bond donors (Lipinski definition) is 0. The van der Waals surface area contributed by atoms with E-state index < -0.39 is 18.3 Å². The van der Waals surface area contributed by atoms with Gasteiger partial charge in [0, 0.05) is 22.1 Å². The van der Waals surface area contributed by atoms with Gasteiger partial charge in [0.15, 0.2) is 17.5 Å². The lowest BCUT2D eigenvalue weighted by Gasteiger charge is -2.36. The van der Waals surface area contributed by atoms with Gasteiger partial charge in [-0.05, 0) is 74.3 Å². The number of aromatic nitrogens is 3. The van der Waals surface area contributed by atoms with Crippen LogP contribution in [0.15, 0.2) is 97.1 Å². The second kappa shape index (κ2) is 10.5.